The molecule has 0 aromatic carbocycles. The average molecular weight is 271 g/mol. The number of nitrogens with zero attached hydrogens (tertiary/aromatic N) is 2. The zero-order valence-corrected chi connectivity index (χ0v) is 11.1. The van der Waals surface area contributed by atoms with E-state index >= 15 is 0 Å². The topological polar surface area (TPSA) is 92.2 Å². The highest BCUT2D eigenvalue weighted by molar-refractivity contribution is 6.99. The van der Waals surface area contributed by atoms with Crippen LogP contribution >= 0.6 is 11.7 Å². The largest absolute Gasteiger partial charge is 0.481 e. The van der Waals surface area contributed by atoms with Crippen molar-refractivity contribution in [2.45, 2.75) is 32.6 Å². The van der Waals surface area contributed by atoms with Gasteiger partial charge in [0, 0.05) is 13.0 Å². The van der Waals surface area contributed by atoms with Crippen molar-refractivity contribution < 1.29 is 14.7 Å². The maximum atomic E-state index is 11.5. The first-order valence-electron chi connectivity index (χ1n) is 5.91. The summed E-state index contributed by atoms with van der Waals surface area (Å²) < 4.78 is 7.59. The van der Waals surface area contributed by atoms with E-state index in [1.54, 1.807) is 0 Å². The average Bonchev–Trinajstić information content (AvgIpc) is 2.86. The first-order valence-corrected chi connectivity index (χ1v) is 6.64. The van der Waals surface area contributed by atoms with Gasteiger partial charge < -0.3 is 10.4 Å². The molecule has 0 bridgehead atoms. The molecule has 1 rings (SSSR count). The predicted molar refractivity (Wildman–Crippen MR) is 67.5 cm³/mol. The van der Waals surface area contributed by atoms with Gasteiger partial charge >= 0.3 is 5.97 Å². The lowest BCUT2D eigenvalue weighted by atomic mass is 9.97. The summed E-state index contributed by atoms with van der Waals surface area (Å²) in [6.45, 7) is 2.56. The molecule has 0 radical (unpaired) electrons. The number of carboxylic acids is 1. The summed E-state index contributed by atoms with van der Waals surface area (Å²) in [5.74, 6) is -0.669. The molecule has 1 heterocycles. The summed E-state index contributed by atoms with van der Waals surface area (Å²) in [6, 6.07) is 0. The maximum absolute atomic E-state index is 11.5. The van der Waals surface area contributed by atoms with E-state index in [1.165, 1.54) is 6.20 Å². The molecule has 1 aromatic rings. The van der Waals surface area contributed by atoms with Gasteiger partial charge in [-0.1, -0.05) is 13.3 Å². The highest BCUT2D eigenvalue weighted by Crippen LogP contribution is 2.14. The van der Waals surface area contributed by atoms with Gasteiger partial charge in [-0.05, 0) is 18.8 Å². The third-order valence-electron chi connectivity index (χ3n) is 2.78. The number of hydrogen-bond donors (Lipinski definition) is 2. The van der Waals surface area contributed by atoms with Crippen molar-refractivity contribution in [1.29, 1.82) is 0 Å². The second-order valence-corrected chi connectivity index (χ2v) is 4.60. The van der Waals surface area contributed by atoms with Gasteiger partial charge in [-0.15, -0.1) is 0 Å². The Bertz CT molecular complexity index is 381. The summed E-state index contributed by atoms with van der Waals surface area (Å²) in [7, 11) is 0. The lowest BCUT2D eigenvalue weighted by molar-refractivity contribution is -0.137. The number of nitrogens with one attached hydrogen (secondary N) is 1. The van der Waals surface area contributed by atoms with E-state index in [0.717, 1.165) is 24.6 Å². The van der Waals surface area contributed by atoms with Crippen molar-refractivity contribution in [3.05, 3.63) is 11.9 Å². The molecule has 1 atom stereocenters. The molecular formula is C11H17N3O3S. The Morgan fingerprint density at radius 3 is 2.83 bits per heavy atom. The van der Waals surface area contributed by atoms with Crippen molar-refractivity contribution in [3.8, 4) is 0 Å². The molecule has 0 aliphatic carbocycles. The molecule has 0 spiro atoms. The van der Waals surface area contributed by atoms with Gasteiger partial charge in [0.1, 0.15) is 0 Å². The molecule has 7 heteroatoms. The standard InChI is InChI=1S/C11H17N3O3S/c1-2-8(3-4-10(15)16)5-6-12-11(17)9-7-13-18-14-9/h7-8H,2-6H2,1H3,(H,12,17)(H,15,16). The number of aliphatic carboxylic acids is 1. The van der Waals surface area contributed by atoms with Gasteiger partial charge in [0.05, 0.1) is 17.9 Å². The SMILES string of the molecule is CCC(CCNC(=O)c1cnsn1)CCC(=O)O. The van der Waals surface area contributed by atoms with Crippen molar-refractivity contribution in [2.24, 2.45) is 5.92 Å². The van der Waals surface area contributed by atoms with Gasteiger partial charge in [0.25, 0.3) is 5.91 Å². The van der Waals surface area contributed by atoms with Gasteiger partial charge in [0.2, 0.25) is 0 Å². The van der Waals surface area contributed by atoms with E-state index in [1.807, 2.05) is 6.92 Å². The third-order valence-corrected chi connectivity index (χ3v) is 3.25. The van der Waals surface area contributed by atoms with E-state index < -0.39 is 5.97 Å². The summed E-state index contributed by atoms with van der Waals surface area (Å²) in [5, 5.41) is 11.4. The van der Waals surface area contributed by atoms with Crippen LogP contribution in [0.5, 0.6) is 0 Å². The van der Waals surface area contributed by atoms with Crippen LogP contribution in [-0.2, 0) is 4.79 Å². The molecule has 2 N–H and O–H groups in total. The molecule has 1 amide bonds. The minimum absolute atomic E-state index is 0.183. The van der Waals surface area contributed by atoms with E-state index in [0.29, 0.717) is 24.6 Å². The fourth-order valence-electron chi connectivity index (χ4n) is 1.63. The number of carbonyl (C=O) groups is 2. The molecular weight excluding hydrogens is 254 g/mol. The lowest BCUT2D eigenvalue weighted by Crippen LogP contribution is -2.26. The first-order chi connectivity index (χ1) is 8.63. The van der Waals surface area contributed by atoms with E-state index in [2.05, 4.69) is 14.1 Å². The van der Waals surface area contributed by atoms with Crippen molar-refractivity contribution in [3.63, 3.8) is 0 Å². The van der Waals surface area contributed by atoms with Crippen LogP contribution in [0, 0.1) is 5.92 Å². The number of aromatic nitrogens is 2. The van der Waals surface area contributed by atoms with Crippen LogP contribution < -0.4 is 5.32 Å². The van der Waals surface area contributed by atoms with Crippen LogP contribution in [-0.4, -0.2) is 32.3 Å². The number of amides is 1. The molecule has 1 unspecified atom stereocenters. The van der Waals surface area contributed by atoms with Crippen molar-refractivity contribution in [2.75, 3.05) is 6.54 Å². The minimum atomic E-state index is -0.772. The van der Waals surface area contributed by atoms with Gasteiger partial charge in [-0.25, -0.2) is 0 Å². The Kier molecular flexibility index (Phi) is 6.27. The Morgan fingerprint density at radius 1 is 1.50 bits per heavy atom. The quantitative estimate of drug-likeness (QED) is 0.748. The highest BCUT2D eigenvalue weighted by atomic mass is 32.1. The molecule has 0 saturated heterocycles. The van der Waals surface area contributed by atoms with Crippen LogP contribution in [0.4, 0.5) is 0 Å². The molecule has 0 aliphatic rings. The lowest BCUT2D eigenvalue weighted by Gasteiger charge is -2.13. The first kappa shape index (κ1) is 14.6. The fraction of sp³-hybridized carbons (Fsp3) is 0.636. The Hall–Kier alpha value is -1.50. The van der Waals surface area contributed by atoms with Crippen molar-refractivity contribution in [1.82, 2.24) is 14.1 Å². The zero-order chi connectivity index (χ0) is 13.4. The fourth-order valence-corrected chi connectivity index (χ4v) is 2.04. The number of hydrogen-bond acceptors (Lipinski definition) is 5. The Labute approximate surface area is 110 Å². The van der Waals surface area contributed by atoms with Crippen LogP contribution in [0.25, 0.3) is 0 Å². The number of rotatable bonds is 8. The minimum Gasteiger partial charge on any atom is -0.481 e. The highest BCUT2D eigenvalue weighted by Gasteiger charge is 2.11. The normalized spacial score (nSPS) is 12.1. The Morgan fingerprint density at radius 2 is 2.28 bits per heavy atom. The van der Waals surface area contributed by atoms with Crippen LogP contribution in [0.3, 0.4) is 0 Å². The van der Waals surface area contributed by atoms with Gasteiger partial charge in [-0.2, -0.15) is 8.75 Å². The van der Waals surface area contributed by atoms with Crippen molar-refractivity contribution >= 4 is 23.6 Å². The van der Waals surface area contributed by atoms with Gasteiger partial charge in [-0.3, -0.25) is 9.59 Å². The number of carbonyl (C=O) groups excluding carboxylic acids is 1. The second kappa shape index (κ2) is 7.75. The Balaban J connectivity index is 2.22. The predicted octanol–water partition coefficient (Wildman–Crippen LogP) is 1.55. The molecule has 18 heavy (non-hydrogen) atoms. The van der Waals surface area contributed by atoms with Crippen LogP contribution in [0.1, 0.15) is 43.1 Å². The maximum Gasteiger partial charge on any atom is 0.303 e. The molecule has 100 valence electrons. The molecule has 0 saturated carbocycles. The molecule has 0 fully saturated rings. The molecule has 1 aromatic heterocycles. The monoisotopic (exact) mass is 271 g/mol. The number of carboxylic acid groups (broad SMARTS) is 1. The van der Waals surface area contributed by atoms with Crippen LogP contribution in [0.15, 0.2) is 6.20 Å². The smallest absolute Gasteiger partial charge is 0.303 e. The molecule has 6 nitrogen and oxygen atoms in total. The zero-order valence-electron chi connectivity index (χ0n) is 10.3. The van der Waals surface area contributed by atoms with E-state index in [9.17, 15) is 9.59 Å². The van der Waals surface area contributed by atoms with Crippen LogP contribution in [0.2, 0.25) is 0 Å². The van der Waals surface area contributed by atoms with E-state index in [4.69, 9.17) is 5.11 Å². The summed E-state index contributed by atoms with van der Waals surface area (Å²) in [5.41, 5.74) is 0.332. The second-order valence-electron chi connectivity index (χ2n) is 4.04. The summed E-state index contributed by atoms with van der Waals surface area (Å²) in [6.07, 6.45) is 3.97. The van der Waals surface area contributed by atoms with Gasteiger partial charge in [0.15, 0.2) is 5.69 Å². The summed E-state index contributed by atoms with van der Waals surface area (Å²) >= 11 is 0.997. The molecule has 0 aliphatic heterocycles. The van der Waals surface area contributed by atoms with E-state index in [-0.39, 0.29) is 12.3 Å². The third kappa shape index (κ3) is 5.22. The summed E-state index contributed by atoms with van der Waals surface area (Å²) in [4.78, 5) is 22.0.